The molecule has 2 rings (SSSR count). The summed E-state index contributed by atoms with van der Waals surface area (Å²) in [7, 11) is 2.11. The lowest BCUT2D eigenvalue weighted by Crippen LogP contribution is -2.27. The smallest absolute Gasteiger partial charge is 0.0916 e. The fraction of sp³-hybridized carbons (Fsp3) is 0.625. The number of aryl methyl sites for hydroxylation is 2. The Kier molecular flexibility index (Phi) is 4.08. The Labute approximate surface area is 111 Å². The van der Waals surface area contributed by atoms with Gasteiger partial charge in [-0.15, -0.1) is 0 Å². The molecule has 1 aliphatic carbocycles. The van der Waals surface area contributed by atoms with Crippen molar-refractivity contribution in [2.24, 2.45) is 11.8 Å². The van der Waals surface area contributed by atoms with Gasteiger partial charge in [0, 0.05) is 13.1 Å². The lowest BCUT2D eigenvalue weighted by Gasteiger charge is -2.21. The molecule has 18 heavy (non-hydrogen) atoms. The molecule has 1 aliphatic rings. The van der Waals surface area contributed by atoms with E-state index in [1.54, 1.807) is 0 Å². The molecule has 100 valence electrons. The molecule has 2 heteroatoms. The largest absolute Gasteiger partial charge is 0.387 e. The van der Waals surface area contributed by atoms with Gasteiger partial charge in [-0.05, 0) is 55.8 Å². The van der Waals surface area contributed by atoms with Gasteiger partial charge >= 0.3 is 0 Å². The van der Waals surface area contributed by atoms with E-state index in [-0.39, 0.29) is 6.10 Å². The number of aliphatic hydroxyl groups excluding tert-OH is 1. The van der Waals surface area contributed by atoms with Crippen LogP contribution in [-0.4, -0.2) is 30.1 Å². The SMILES string of the molecule is Cc1ccc(C(O)CN(C)CC2CC2C)cc1C. The lowest BCUT2D eigenvalue weighted by atomic mass is 10.0. The molecule has 0 saturated heterocycles. The van der Waals surface area contributed by atoms with E-state index in [0.717, 1.165) is 30.5 Å². The second-order valence-electron chi connectivity index (χ2n) is 6.05. The predicted octanol–water partition coefficient (Wildman–Crippen LogP) is 2.92. The highest BCUT2D eigenvalue weighted by Crippen LogP contribution is 2.38. The zero-order chi connectivity index (χ0) is 13.3. The van der Waals surface area contributed by atoms with Gasteiger partial charge in [0.1, 0.15) is 0 Å². The highest BCUT2D eigenvalue weighted by Gasteiger charge is 2.33. The summed E-state index contributed by atoms with van der Waals surface area (Å²) in [5, 5.41) is 10.3. The van der Waals surface area contributed by atoms with Crippen LogP contribution in [0.5, 0.6) is 0 Å². The van der Waals surface area contributed by atoms with Crippen LogP contribution < -0.4 is 0 Å². The Morgan fingerprint density at radius 2 is 2.00 bits per heavy atom. The van der Waals surface area contributed by atoms with Crippen LogP contribution in [0.2, 0.25) is 0 Å². The molecule has 1 aromatic carbocycles. The number of aliphatic hydroxyl groups is 1. The molecule has 0 amide bonds. The standard InChI is InChI=1S/C16H25NO/c1-11-5-6-14(7-12(11)2)16(18)10-17(4)9-15-8-13(15)3/h5-7,13,15-16,18H,8-10H2,1-4H3. The van der Waals surface area contributed by atoms with Crippen molar-refractivity contribution in [3.63, 3.8) is 0 Å². The van der Waals surface area contributed by atoms with E-state index in [4.69, 9.17) is 0 Å². The zero-order valence-electron chi connectivity index (χ0n) is 12.0. The second kappa shape index (κ2) is 5.41. The molecule has 0 aromatic heterocycles. The van der Waals surface area contributed by atoms with Gasteiger partial charge in [-0.25, -0.2) is 0 Å². The van der Waals surface area contributed by atoms with Crippen molar-refractivity contribution in [3.8, 4) is 0 Å². The Balaban J connectivity index is 1.89. The molecule has 0 spiro atoms. The molecule has 1 aromatic rings. The first-order valence-electron chi connectivity index (χ1n) is 6.91. The summed E-state index contributed by atoms with van der Waals surface area (Å²) >= 11 is 0. The molecule has 0 heterocycles. The van der Waals surface area contributed by atoms with E-state index in [0.29, 0.717) is 0 Å². The maximum Gasteiger partial charge on any atom is 0.0916 e. The Hall–Kier alpha value is -0.860. The summed E-state index contributed by atoms with van der Waals surface area (Å²) in [6.45, 7) is 8.35. The van der Waals surface area contributed by atoms with E-state index in [2.05, 4.69) is 44.9 Å². The van der Waals surface area contributed by atoms with E-state index >= 15 is 0 Å². The average molecular weight is 247 g/mol. The van der Waals surface area contributed by atoms with Crippen LogP contribution >= 0.6 is 0 Å². The minimum Gasteiger partial charge on any atom is -0.387 e. The van der Waals surface area contributed by atoms with Gasteiger partial charge in [0.25, 0.3) is 0 Å². The monoisotopic (exact) mass is 247 g/mol. The quantitative estimate of drug-likeness (QED) is 0.865. The number of hydrogen-bond donors (Lipinski definition) is 1. The minimum absolute atomic E-state index is 0.372. The van der Waals surface area contributed by atoms with Gasteiger partial charge < -0.3 is 10.0 Å². The van der Waals surface area contributed by atoms with Gasteiger partial charge in [-0.3, -0.25) is 0 Å². The Morgan fingerprint density at radius 3 is 2.56 bits per heavy atom. The van der Waals surface area contributed by atoms with Crippen LogP contribution in [0.25, 0.3) is 0 Å². The third-order valence-electron chi connectivity index (χ3n) is 4.22. The van der Waals surface area contributed by atoms with Crippen molar-refractivity contribution < 1.29 is 5.11 Å². The first-order chi connectivity index (χ1) is 8.47. The molecule has 0 bridgehead atoms. The summed E-state index contributed by atoms with van der Waals surface area (Å²) in [6, 6.07) is 6.24. The van der Waals surface area contributed by atoms with Gasteiger partial charge in [0.05, 0.1) is 6.10 Å². The molecule has 1 fully saturated rings. The van der Waals surface area contributed by atoms with Gasteiger partial charge in [0.2, 0.25) is 0 Å². The molecule has 1 N–H and O–H groups in total. The first-order valence-corrected chi connectivity index (χ1v) is 6.91. The summed E-state index contributed by atoms with van der Waals surface area (Å²) < 4.78 is 0. The van der Waals surface area contributed by atoms with Crippen molar-refractivity contribution in [1.29, 1.82) is 0 Å². The first kappa shape index (κ1) is 13.6. The zero-order valence-corrected chi connectivity index (χ0v) is 12.0. The van der Waals surface area contributed by atoms with Crippen LogP contribution in [-0.2, 0) is 0 Å². The van der Waals surface area contributed by atoms with Crippen LogP contribution in [0.3, 0.4) is 0 Å². The summed E-state index contributed by atoms with van der Waals surface area (Å²) in [5.74, 6) is 1.73. The van der Waals surface area contributed by atoms with Crippen LogP contribution in [0, 0.1) is 25.7 Å². The maximum atomic E-state index is 10.3. The fourth-order valence-electron chi connectivity index (χ4n) is 2.50. The number of likely N-dealkylation sites (N-methyl/N-ethyl adjacent to an activating group) is 1. The third kappa shape index (κ3) is 3.33. The van der Waals surface area contributed by atoms with E-state index in [9.17, 15) is 5.11 Å². The van der Waals surface area contributed by atoms with Crippen molar-refractivity contribution in [3.05, 3.63) is 34.9 Å². The molecule has 0 aliphatic heterocycles. The van der Waals surface area contributed by atoms with Crippen molar-refractivity contribution >= 4 is 0 Å². The summed E-state index contributed by atoms with van der Waals surface area (Å²) in [5.41, 5.74) is 3.57. The van der Waals surface area contributed by atoms with Gasteiger partial charge in [0.15, 0.2) is 0 Å². The second-order valence-corrected chi connectivity index (χ2v) is 6.05. The number of nitrogens with zero attached hydrogens (tertiary/aromatic N) is 1. The number of rotatable bonds is 5. The fourth-order valence-corrected chi connectivity index (χ4v) is 2.50. The molecule has 3 atom stereocenters. The van der Waals surface area contributed by atoms with E-state index < -0.39 is 0 Å². The van der Waals surface area contributed by atoms with Crippen LogP contribution in [0.4, 0.5) is 0 Å². The molecule has 1 saturated carbocycles. The molecular weight excluding hydrogens is 222 g/mol. The minimum atomic E-state index is -0.372. The van der Waals surface area contributed by atoms with Crippen molar-refractivity contribution in [2.45, 2.75) is 33.3 Å². The van der Waals surface area contributed by atoms with Crippen LogP contribution in [0.15, 0.2) is 18.2 Å². The number of benzene rings is 1. The molecule has 3 unspecified atom stereocenters. The molecule has 2 nitrogen and oxygen atoms in total. The van der Waals surface area contributed by atoms with E-state index in [1.165, 1.54) is 17.5 Å². The Bertz CT molecular complexity index is 416. The number of hydrogen-bond acceptors (Lipinski definition) is 2. The summed E-state index contributed by atoms with van der Waals surface area (Å²) in [4.78, 5) is 2.26. The molecule has 0 radical (unpaired) electrons. The normalized spacial score (nSPS) is 24.3. The topological polar surface area (TPSA) is 23.5 Å². The lowest BCUT2D eigenvalue weighted by molar-refractivity contribution is 0.124. The van der Waals surface area contributed by atoms with Crippen LogP contribution in [0.1, 0.15) is 36.1 Å². The Morgan fingerprint density at radius 1 is 1.33 bits per heavy atom. The maximum absolute atomic E-state index is 10.3. The average Bonchev–Trinajstić information content (AvgIpc) is 2.97. The van der Waals surface area contributed by atoms with Gasteiger partial charge in [-0.1, -0.05) is 25.1 Å². The third-order valence-corrected chi connectivity index (χ3v) is 4.22. The van der Waals surface area contributed by atoms with Crippen molar-refractivity contribution in [1.82, 2.24) is 4.90 Å². The highest BCUT2D eigenvalue weighted by molar-refractivity contribution is 5.31. The van der Waals surface area contributed by atoms with Crippen molar-refractivity contribution in [2.75, 3.05) is 20.1 Å². The molecular formula is C16H25NO. The summed E-state index contributed by atoms with van der Waals surface area (Å²) in [6.07, 6.45) is 0.979. The van der Waals surface area contributed by atoms with E-state index in [1.807, 2.05) is 6.07 Å². The van der Waals surface area contributed by atoms with Gasteiger partial charge in [-0.2, -0.15) is 0 Å². The predicted molar refractivity (Wildman–Crippen MR) is 75.6 cm³/mol. The highest BCUT2D eigenvalue weighted by atomic mass is 16.3.